The SMILES string of the molecule is NC(=S)N/N=C\c1cccc(/C=N/NC(N)=S)n1. The van der Waals surface area contributed by atoms with Gasteiger partial charge in [-0.15, -0.1) is 0 Å². The first-order valence-corrected chi connectivity index (χ1v) is 5.53. The van der Waals surface area contributed by atoms with Crippen LogP contribution < -0.4 is 22.3 Å². The van der Waals surface area contributed by atoms with Gasteiger partial charge >= 0.3 is 0 Å². The molecule has 0 radical (unpaired) electrons. The quantitative estimate of drug-likeness (QED) is 0.331. The van der Waals surface area contributed by atoms with Crippen molar-refractivity contribution in [3.05, 3.63) is 29.6 Å². The number of hydrogen-bond donors (Lipinski definition) is 4. The van der Waals surface area contributed by atoms with Gasteiger partial charge in [-0.3, -0.25) is 10.9 Å². The Balaban J connectivity index is 2.67. The van der Waals surface area contributed by atoms with Crippen LogP contribution in [0.25, 0.3) is 0 Å². The summed E-state index contributed by atoms with van der Waals surface area (Å²) >= 11 is 9.19. The molecule has 0 fully saturated rings. The van der Waals surface area contributed by atoms with Gasteiger partial charge in [-0.25, -0.2) is 4.98 Å². The van der Waals surface area contributed by atoms with Gasteiger partial charge in [0.25, 0.3) is 0 Å². The average Bonchev–Trinajstić information content (AvgIpc) is 2.28. The van der Waals surface area contributed by atoms with Crippen LogP contribution in [0.15, 0.2) is 28.4 Å². The zero-order valence-corrected chi connectivity index (χ0v) is 10.8. The highest BCUT2D eigenvalue weighted by atomic mass is 32.1. The molecule has 6 N–H and O–H groups in total. The molecule has 0 bridgehead atoms. The first kappa shape index (κ1) is 13.9. The number of pyridine rings is 1. The van der Waals surface area contributed by atoms with Crippen LogP contribution in [0.3, 0.4) is 0 Å². The van der Waals surface area contributed by atoms with E-state index in [2.05, 4.69) is 50.5 Å². The van der Waals surface area contributed by atoms with Crippen LogP contribution in [-0.2, 0) is 0 Å². The third kappa shape index (κ3) is 5.82. The molecule has 18 heavy (non-hydrogen) atoms. The third-order valence-electron chi connectivity index (χ3n) is 1.54. The minimum Gasteiger partial charge on any atom is -0.375 e. The van der Waals surface area contributed by atoms with Crippen LogP contribution in [0, 0.1) is 0 Å². The van der Waals surface area contributed by atoms with Crippen molar-refractivity contribution in [2.75, 3.05) is 0 Å². The van der Waals surface area contributed by atoms with Crippen molar-refractivity contribution in [1.82, 2.24) is 15.8 Å². The standard InChI is InChI=1S/C9H11N7S2/c10-8(17)15-12-4-6-2-1-3-7(14-6)5-13-16-9(11)18/h1-5H,(H3,10,15,17)(H3,11,16,18)/b12-4-,13-5+. The molecule has 1 aromatic rings. The molecule has 0 unspecified atom stereocenters. The average molecular weight is 281 g/mol. The summed E-state index contributed by atoms with van der Waals surface area (Å²) in [6.45, 7) is 0. The Hall–Kier alpha value is -2.13. The number of aromatic nitrogens is 1. The molecule has 0 aliphatic carbocycles. The van der Waals surface area contributed by atoms with Gasteiger partial charge < -0.3 is 11.5 Å². The van der Waals surface area contributed by atoms with E-state index >= 15 is 0 Å². The number of hydrazone groups is 2. The fourth-order valence-corrected chi connectivity index (χ4v) is 1.04. The Morgan fingerprint density at radius 1 is 1.06 bits per heavy atom. The normalized spacial score (nSPS) is 10.7. The van der Waals surface area contributed by atoms with E-state index in [-0.39, 0.29) is 10.2 Å². The summed E-state index contributed by atoms with van der Waals surface area (Å²) in [6, 6.07) is 5.34. The number of rotatable bonds is 4. The Kier molecular flexibility index (Phi) is 5.61. The fraction of sp³-hybridized carbons (Fsp3) is 0. The lowest BCUT2D eigenvalue weighted by molar-refractivity contribution is 1.03. The van der Waals surface area contributed by atoms with Crippen molar-refractivity contribution in [3.63, 3.8) is 0 Å². The third-order valence-corrected chi connectivity index (χ3v) is 1.72. The number of thiocarbonyl (C=S) groups is 2. The summed E-state index contributed by atoms with van der Waals surface area (Å²) in [5.41, 5.74) is 16.5. The van der Waals surface area contributed by atoms with Gasteiger partial charge in [-0.1, -0.05) is 6.07 Å². The maximum absolute atomic E-state index is 5.21. The smallest absolute Gasteiger partial charge is 0.184 e. The maximum Gasteiger partial charge on any atom is 0.184 e. The topological polar surface area (TPSA) is 114 Å². The molecular formula is C9H11N7S2. The van der Waals surface area contributed by atoms with Crippen molar-refractivity contribution < 1.29 is 0 Å². The van der Waals surface area contributed by atoms with E-state index < -0.39 is 0 Å². The van der Waals surface area contributed by atoms with E-state index in [1.165, 1.54) is 12.4 Å². The minimum atomic E-state index is 0.0876. The molecule has 0 saturated heterocycles. The lowest BCUT2D eigenvalue weighted by atomic mass is 10.3. The summed E-state index contributed by atoms with van der Waals surface area (Å²) in [5.74, 6) is 0. The second kappa shape index (κ2) is 7.25. The Morgan fingerprint density at radius 2 is 1.50 bits per heavy atom. The molecule has 0 aromatic carbocycles. The summed E-state index contributed by atoms with van der Waals surface area (Å²) in [4.78, 5) is 4.22. The molecule has 94 valence electrons. The maximum atomic E-state index is 5.21. The Bertz CT molecular complexity index is 456. The molecule has 1 rings (SSSR count). The van der Waals surface area contributed by atoms with Crippen LogP contribution in [0.4, 0.5) is 0 Å². The van der Waals surface area contributed by atoms with E-state index in [1.807, 2.05) is 0 Å². The van der Waals surface area contributed by atoms with Gasteiger partial charge in [-0.2, -0.15) is 10.2 Å². The molecule has 7 nitrogen and oxygen atoms in total. The predicted molar refractivity (Wildman–Crippen MR) is 79.3 cm³/mol. The highest BCUT2D eigenvalue weighted by molar-refractivity contribution is 7.80. The molecule has 0 aliphatic heterocycles. The monoisotopic (exact) mass is 281 g/mol. The summed E-state index contributed by atoms with van der Waals surface area (Å²) < 4.78 is 0. The number of nitrogens with one attached hydrogen (secondary N) is 2. The molecular weight excluding hydrogens is 270 g/mol. The molecule has 0 spiro atoms. The molecule has 1 aromatic heterocycles. The van der Waals surface area contributed by atoms with Crippen molar-refractivity contribution in [2.24, 2.45) is 21.7 Å². The first-order valence-electron chi connectivity index (χ1n) is 4.72. The number of nitrogens with two attached hydrogens (primary N) is 2. The summed E-state index contributed by atoms with van der Waals surface area (Å²) in [7, 11) is 0. The summed E-state index contributed by atoms with van der Waals surface area (Å²) in [5, 5.41) is 7.75. The highest BCUT2D eigenvalue weighted by Crippen LogP contribution is 1.94. The summed E-state index contributed by atoms with van der Waals surface area (Å²) in [6.07, 6.45) is 2.97. The molecule has 9 heteroatoms. The highest BCUT2D eigenvalue weighted by Gasteiger charge is 1.93. The molecule has 0 aliphatic rings. The molecule has 0 amide bonds. The molecule has 0 atom stereocenters. The first-order chi connectivity index (χ1) is 8.58. The predicted octanol–water partition coefficient (Wildman–Crippen LogP) is -0.584. The van der Waals surface area contributed by atoms with Crippen molar-refractivity contribution >= 4 is 47.1 Å². The van der Waals surface area contributed by atoms with Crippen LogP contribution in [0.5, 0.6) is 0 Å². The van der Waals surface area contributed by atoms with Gasteiger partial charge in [-0.05, 0) is 36.6 Å². The van der Waals surface area contributed by atoms with Crippen LogP contribution in [-0.4, -0.2) is 27.6 Å². The van der Waals surface area contributed by atoms with E-state index in [0.29, 0.717) is 11.4 Å². The molecule has 1 heterocycles. The van der Waals surface area contributed by atoms with Gasteiger partial charge in [0, 0.05) is 0 Å². The molecule has 0 saturated carbocycles. The minimum absolute atomic E-state index is 0.0876. The number of hydrogen-bond acceptors (Lipinski definition) is 5. The number of nitrogens with zero attached hydrogens (tertiary/aromatic N) is 3. The van der Waals surface area contributed by atoms with Crippen LogP contribution in [0.1, 0.15) is 11.4 Å². The van der Waals surface area contributed by atoms with Crippen LogP contribution >= 0.6 is 24.4 Å². The van der Waals surface area contributed by atoms with E-state index in [4.69, 9.17) is 11.5 Å². The van der Waals surface area contributed by atoms with E-state index in [9.17, 15) is 0 Å². The lowest BCUT2D eigenvalue weighted by Gasteiger charge is -1.97. The largest absolute Gasteiger partial charge is 0.375 e. The van der Waals surface area contributed by atoms with Crippen molar-refractivity contribution in [3.8, 4) is 0 Å². The van der Waals surface area contributed by atoms with E-state index in [1.54, 1.807) is 18.2 Å². The Morgan fingerprint density at radius 3 is 1.89 bits per heavy atom. The lowest BCUT2D eigenvalue weighted by Crippen LogP contribution is -2.24. The second-order valence-corrected chi connectivity index (χ2v) is 3.84. The van der Waals surface area contributed by atoms with Crippen molar-refractivity contribution in [2.45, 2.75) is 0 Å². The Labute approximate surface area is 114 Å². The van der Waals surface area contributed by atoms with E-state index in [0.717, 1.165) is 0 Å². The zero-order chi connectivity index (χ0) is 13.4. The van der Waals surface area contributed by atoms with Gasteiger partial charge in [0.15, 0.2) is 10.2 Å². The van der Waals surface area contributed by atoms with Gasteiger partial charge in [0.1, 0.15) is 0 Å². The fourth-order valence-electron chi connectivity index (χ4n) is 0.937. The van der Waals surface area contributed by atoms with Gasteiger partial charge in [0.2, 0.25) is 0 Å². The van der Waals surface area contributed by atoms with Crippen LogP contribution in [0.2, 0.25) is 0 Å². The zero-order valence-electron chi connectivity index (χ0n) is 9.20. The second-order valence-electron chi connectivity index (χ2n) is 2.96. The van der Waals surface area contributed by atoms with Crippen molar-refractivity contribution in [1.29, 1.82) is 0 Å². The van der Waals surface area contributed by atoms with Gasteiger partial charge in [0.05, 0.1) is 23.8 Å².